The summed E-state index contributed by atoms with van der Waals surface area (Å²) in [7, 11) is 1.77. The standard InChI is InChI=1S/C15H15IN4O2/c1-9-12(10(2)22-18-9)8-19(3)15(21)11-5-4-6-20-13(16)7-17-14(11)20/h4-7H,8H2,1-3H3. The van der Waals surface area contributed by atoms with E-state index in [0.29, 0.717) is 17.8 Å². The fourth-order valence-electron chi connectivity index (χ4n) is 2.39. The third kappa shape index (κ3) is 2.49. The molecule has 3 rings (SSSR count). The molecular formula is C15H15IN4O2. The highest BCUT2D eigenvalue weighted by molar-refractivity contribution is 14.1. The third-order valence-corrected chi connectivity index (χ3v) is 4.44. The van der Waals surface area contributed by atoms with Crippen molar-refractivity contribution in [2.75, 3.05) is 7.05 Å². The molecule has 3 aromatic heterocycles. The highest BCUT2D eigenvalue weighted by Crippen LogP contribution is 2.18. The van der Waals surface area contributed by atoms with Crippen LogP contribution in [0.2, 0.25) is 0 Å². The molecule has 1 amide bonds. The number of carbonyl (C=O) groups excluding carboxylic acids is 1. The first kappa shape index (κ1) is 15.0. The summed E-state index contributed by atoms with van der Waals surface area (Å²) in [5.41, 5.74) is 3.01. The molecule has 0 saturated heterocycles. The van der Waals surface area contributed by atoms with Crippen molar-refractivity contribution in [2.24, 2.45) is 0 Å². The Morgan fingerprint density at radius 3 is 2.91 bits per heavy atom. The van der Waals surface area contributed by atoms with Gasteiger partial charge < -0.3 is 9.42 Å². The molecule has 22 heavy (non-hydrogen) atoms. The third-order valence-electron chi connectivity index (χ3n) is 3.64. The number of imidazole rings is 1. The van der Waals surface area contributed by atoms with E-state index in [-0.39, 0.29) is 5.91 Å². The quantitative estimate of drug-likeness (QED) is 0.623. The van der Waals surface area contributed by atoms with E-state index >= 15 is 0 Å². The normalized spacial score (nSPS) is 11.1. The number of rotatable bonds is 3. The summed E-state index contributed by atoms with van der Waals surface area (Å²) in [6, 6.07) is 3.65. The van der Waals surface area contributed by atoms with E-state index in [1.54, 1.807) is 24.2 Å². The van der Waals surface area contributed by atoms with Gasteiger partial charge in [0.2, 0.25) is 0 Å². The number of aromatic nitrogens is 3. The number of amides is 1. The molecule has 0 bridgehead atoms. The molecule has 0 aliphatic heterocycles. The smallest absolute Gasteiger partial charge is 0.257 e. The molecule has 0 radical (unpaired) electrons. The summed E-state index contributed by atoms with van der Waals surface area (Å²) in [5.74, 6) is 0.665. The molecule has 3 heterocycles. The minimum Gasteiger partial charge on any atom is -0.361 e. The first-order valence-corrected chi connectivity index (χ1v) is 7.85. The summed E-state index contributed by atoms with van der Waals surface area (Å²) < 4.78 is 8.02. The Bertz CT molecular complexity index is 833. The Hall–Kier alpha value is -1.90. The highest BCUT2D eigenvalue weighted by Gasteiger charge is 2.19. The van der Waals surface area contributed by atoms with Crippen LogP contribution in [-0.4, -0.2) is 32.4 Å². The molecule has 7 heteroatoms. The largest absolute Gasteiger partial charge is 0.361 e. The van der Waals surface area contributed by atoms with Gasteiger partial charge in [0.25, 0.3) is 5.91 Å². The molecule has 0 aromatic carbocycles. The summed E-state index contributed by atoms with van der Waals surface area (Å²) in [6.07, 6.45) is 3.65. The van der Waals surface area contributed by atoms with Crippen LogP contribution in [0.15, 0.2) is 29.0 Å². The van der Waals surface area contributed by atoms with Crippen molar-refractivity contribution >= 4 is 34.1 Å². The van der Waals surface area contributed by atoms with E-state index in [4.69, 9.17) is 4.52 Å². The van der Waals surface area contributed by atoms with Crippen LogP contribution < -0.4 is 0 Å². The maximum atomic E-state index is 12.7. The molecular weight excluding hydrogens is 395 g/mol. The van der Waals surface area contributed by atoms with Crippen molar-refractivity contribution in [1.29, 1.82) is 0 Å². The zero-order valence-electron chi connectivity index (χ0n) is 12.5. The number of fused-ring (bicyclic) bond motifs is 1. The molecule has 0 spiro atoms. The number of pyridine rings is 1. The van der Waals surface area contributed by atoms with Crippen LogP contribution in [-0.2, 0) is 6.54 Å². The van der Waals surface area contributed by atoms with Gasteiger partial charge in [0.1, 0.15) is 15.1 Å². The van der Waals surface area contributed by atoms with Gasteiger partial charge in [0, 0.05) is 18.8 Å². The summed E-state index contributed by atoms with van der Waals surface area (Å²) in [6.45, 7) is 4.19. The Labute approximate surface area is 141 Å². The molecule has 0 fully saturated rings. The van der Waals surface area contributed by atoms with Crippen LogP contribution in [0.5, 0.6) is 0 Å². The molecule has 3 aromatic rings. The fraction of sp³-hybridized carbons (Fsp3) is 0.267. The second-order valence-electron chi connectivity index (χ2n) is 5.16. The highest BCUT2D eigenvalue weighted by atomic mass is 127. The summed E-state index contributed by atoms with van der Waals surface area (Å²) >= 11 is 2.19. The van der Waals surface area contributed by atoms with E-state index in [9.17, 15) is 4.79 Å². The lowest BCUT2D eigenvalue weighted by Crippen LogP contribution is -2.27. The molecule has 6 nitrogen and oxygen atoms in total. The van der Waals surface area contributed by atoms with Crippen molar-refractivity contribution in [1.82, 2.24) is 19.4 Å². The van der Waals surface area contributed by atoms with Crippen molar-refractivity contribution < 1.29 is 9.32 Å². The Balaban J connectivity index is 1.92. The van der Waals surface area contributed by atoms with Crippen LogP contribution in [0.4, 0.5) is 0 Å². The van der Waals surface area contributed by atoms with Crippen LogP contribution in [0.25, 0.3) is 5.65 Å². The number of carbonyl (C=O) groups is 1. The molecule has 0 atom stereocenters. The van der Waals surface area contributed by atoms with Gasteiger partial charge in [0.05, 0.1) is 24.0 Å². The zero-order chi connectivity index (χ0) is 15.9. The number of nitrogens with zero attached hydrogens (tertiary/aromatic N) is 4. The minimum atomic E-state index is -0.0763. The predicted molar refractivity (Wildman–Crippen MR) is 89.7 cm³/mol. The Kier molecular flexibility index (Phi) is 3.90. The second kappa shape index (κ2) is 5.71. The molecule has 0 N–H and O–H groups in total. The lowest BCUT2D eigenvalue weighted by atomic mass is 10.1. The average Bonchev–Trinajstić information content (AvgIpc) is 3.04. The van der Waals surface area contributed by atoms with Gasteiger partial charge >= 0.3 is 0 Å². The SMILES string of the molecule is Cc1noc(C)c1CN(C)C(=O)c1cccn2c(I)cnc12. The van der Waals surface area contributed by atoms with Crippen molar-refractivity contribution in [3.05, 3.63) is 50.8 Å². The number of hydrogen-bond acceptors (Lipinski definition) is 4. The monoisotopic (exact) mass is 410 g/mol. The van der Waals surface area contributed by atoms with E-state index in [2.05, 4.69) is 32.7 Å². The van der Waals surface area contributed by atoms with Crippen LogP contribution in [0.3, 0.4) is 0 Å². The van der Waals surface area contributed by atoms with Crippen LogP contribution in [0.1, 0.15) is 27.4 Å². The van der Waals surface area contributed by atoms with Gasteiger partial charge in [0.15, 0.2) is 0 Å². The van der Waals surface area contributed by atoms with Crippen molar-refractivity contribution in [2.45, 2.75) is 20.4 Å². The number of halogens is 1. The molecule has 114 valence electrons. The van der Waals surface area contributed by atoms with Gasteiger partial charge in [-0.3, -0.25) is 9.20 Å². The predicted octanol–water partition coefficient (Wildman–Crippen LogP) is 2.82. The van der Waals surface area contributed by atoms with Gasteiger partial charge in [-0.25, -0.2) is 4.98 Å². The Morgan fingerprint density at radius 2 is 2.23 bits per heavy atom. The first-order chi connectivity index (χ1) is 10.5. The van der Waals surface area contributed by atoms with Gasteiger partial charge in [-0.2, -0.15) is 0 Å². The average molecular weight is 410 g/mol. The lowest BCUT2D eigenvalue weighted by Gasteiger charge is -2.17. The number of hydrogen-bond donors (Lipinski definition) is 0. The van der Waals surface area contributed by atoms with Crippen LogP contribution in [0, 0.1) is 17.5 Å². The zero-order valence-corrected chi connectivity index (χ0v) is 14.7. The van der Waals surface area contributed by atoms with E-state index in [1.165, 1.54) is 0 Å². The second-order valence-corrected chi connectivity index (χ2v) is 6.27. The van der Waals surface area contributed by atoms with Crippen LogP contribution >= 0.6 is 22.6 Å². The van der Waals surface area contributed by atoms with Gasteiger partial charge in [-0.05, 0) is 48.6 Å². The number of aryl methyl sites for hydroxylation is 2. The molecule has 0 aliphatic carbocycles. The molecule has 0 unspecified atom stereocenters. The van der Waals surface area contributed by atoms with Crippen molar-refractivity contribution in [3.63, 3.8) is 0 Å². The Morgan fingerprint density at radius 1 is 1.45 bits per heavy atom. The molecule has 0 saturated carbocycles. The van der Waals surface area contributed by atoms with E-state index < -0.39 is 0 Å². The summed E-state index contributed by atoms with van der Waals surface area (Å²) in [5, 5.41) is 3.92. The fourth-order valence-corrected chi connectivity index (χ4v) is 2.92. The van der Waals surface area contributed by atoms with Gasteiger partial charge in [-0.15, -0.1) is 0 Å². The van der Waals surface area contributed by atoms with Crippen molar-refractivity contribution in [3.8, 4) is 0 Å². The first-order valence-electron chi connectivity index (χ1n) is 6.78. The summed E-state index contributed by atoms with van der Waals surface area (Å²) in [4.78, 5) is 18.7. The maximum absolute atomic E-state index is 12.7. The van der Waals surface area contributed by atoms with E-state index in [0.717, 1.165) is 20.7 Å². The van der Waals surface area contributed by atoms with E-state index in [1.807, 2.05) is 30.5 Å². The topological polar surface area (TPSA) is 63.6 Å². The molecule has 0 aliphatic rings. The lowest BCUT2D eigenvalue weighted by molar-refractivity contribution is 0.0786. The minimum absolute atomic E-state index is 0.0763. The maximum Gasteiger partial charge on any atom is 0.257 e. The van der Waals surface area contributed by atoms with Gasteiger partial charge in [-0.1, -0.05) is 5.16 Å².